The lowest BCUT2D eigenvalue weighted by molar-refractivity contribution is 0.0697. The highest BCUT2D eigenvalue weighted by molar-refractivity contribution is 6.32. The summed E-state index contributed by atoms with van der Waals surface area (Å²) >= 11 is 6.16. The van der Waals surface area contributed by atoms with Crippen LogP contribution >= 0.6 is 11.6 Å². The molecular weight excluding hydrogens is 322 g/mol. The van der Waals surface area contributed by atoms with Gasteiger partial charge >= 0.3 is 5.97 Å². The van der Waals surface area contributed by atoms with E-state index in [0.29, 0.717) is 5.02 Å². The monoisotopic (exact) mass is 343 g/mol. The number of carboxylic acid groups (broad SMARTS) is 1. The first kappa shape index (κ1) is 18.2. The van der Waals surface area contributed by atoms with Gasteiger partial charge in [-0.2, -0.15) is 0 Å². The van der Waals surface area contributed by atoms with Gasteiger partial charge < -0.3 is 5.11 Å². The van der Waals surface area contributed by atoms with Gasteiger partial charge in [0.1, 0.15) is 0 Å². The fourth-order valence-corrected chi connectivity index (χ4v) is 2.71. The number of likely N-dealkylation sites (tertiary alicyclic amines) is 1. The third kappa shape index (κ3) is 4.95. The van der Waals surface area contributed by atoms with Crippen molar-refractivity contribution in [3.8, 4) is 0 Å². The number of allylic oxidation sites excluding steroid dienone is 4. The molecule has 0 aromatic heterocycles. The van der Waals surface area contributed by atoms with E-state index in [0.717, 1.165) is 30.8 Å². The first-order valence-corrected chi connectivity index (χ1v) is 8.18. The van der Waals surface area contributed by atoms with E-state index in [1.807, 2.05) is 19.1 Å². The van der Waals surface area contributed by atoms with Crippen molar-refractivity contribution in [1.82, 2.24) is 4.90 Å². The summed E-state index contributed by atoms with van der Waals surface area (Å²) in [6.07, 6.45) is 8.09. The van der Waals surface area contributed by atoms with Gasteiger partial charge in [-0.25, -0.2) is 4.79 Å². The maximum absolute atomic E-state index is 10.9. The predicted octanol–water partition coefficient (Wildman–Crippen LogP) is 4.82. The Morgan fingerprint density at radius 1 is 1.33 bits per heavy atom. The number of hydrogen-bond donors (Lipinski definition) is 1. The van der Waals surface area contributed by atoms with E-state index in [-0.39, 0.29) is 5.56 Å². The molecular formula is C20H22ClNO2. The SMILES string of the molecule is C=C/C(C)=C/C=C(\C)CN1CC(=Cc2ccc(C(=O)O)cc2Cl)C1. The maximum atomic E-state index is 10.9. The van der Waals surface area contributed by atoms with Crippen LogP contribution in [0.1, 0.15) is 29.8 Å². The fraction of sp³-hybridized carbons (Fsp3) is 0.250. The summed E-state index contributed by atoms with van der Waals surface area (Å²) < 4.78 is 0. The second kappa shape index (κ2) is 8.13. The molecule has 0 spiro atoms. The van der Waals surface area contributed by atoms with E-state index in [1.54, 1.807) is 12.1 Å². The smallest absolute Gasteiger partial charge is 0.335 e. The molecule has 0 unspecified atom stereocenters. The summed E-state index contributed by atoms with van der Waals surface area (Å²) in [5.41, 5.74) is 4.83. The minimum absolute atomic E-state index is 0.209. The standard InChI is InChI=1S/C20H22ClNO2/c1-4-14(2)5-6-15(3)11-22-12-16(13-22)9-17-7-8-18(20(23)24)10-19(17)21/h4-10H,1,11-13H2,2-3H3,(H,23,24)/b14-5+,15-6+. The van der Waals surface area contributed by atoms with Crippen LogP contribution in [-0.2, 0) is 0 Å². The number of hydrogen-bond acceptors (Lipinski definition) is 2. The number of carboxylic acids is 1. The molecule has 1 N–H and O–H groups in total. The highest BCUT2D eigenvalue weighted by Gasteiger charge is 2.20. The third-order valence-electron chi connectivity index (χ3n) is 3.89. The van der Waals surface area contributed by atoms with Gasteiger partial charge in [0, 0.05) is 24.7 Å². The normalized spacial score (nSPS) is 15.9. The number of halogens is 1. The highest BCUT2D eigenvalue weighted by atomic mass is 35.5. The topological polar surface area (TPSA) is 40.5 Å². The summed E-state index contributed by atoms with van der Waals surface area (Å²) in [5.74, 6) is -0.964. The molecule has 1 fully saturated rings. The molecule has 0 aliphatic carbocycles. The van der Waals surface area contributed by atoms with E-state index in [9.17, 15) is 4.79 Å². The Morgan fingerprint density at radius 2 is 2.04 bits per heavy atom. The van der Waals surface area contributed by atoms with Gasteiger partial charge in [-0.05, 0) is 37.1 Å². The van der Waals surface area contributed by atoms with E-state index in [4.69, 9.17) is 16.7 Å². The van der Waals surface area contributed by atoms with Crippen LogP contribution < -0.4 is 0 Å². The van der Waals surface area contributed by atoms with E-state index in [2.05, 4.69) is 30.6 Å². The average molecular weight is 344 g/mol. The molecule has 0 saturated carbocycles. The molecule has 3 nitrogen and oxygen atoms in total. The number of aromatic carboxylic acids is 1. The van der Waals surface area contributed by atoms with E-state index < -0.39 is 5.97 Å². The van der Waals surface area contributed by atoms with Gasteiger partial charge in [0.2, 0.25) is 0 Å². The zero-order valence-corrected chi connectivity index (χ0v) is 14.8. The van der Waals surface area contributed by atoms with Gasteiger partial charge in [-0.15, -0.1) is 0 Å². The highest BCUT2D eigenvalue weighted by Crippen LogP contribution is 2.24. The quantitative estimate of drug-likeness (QED) is 0.753. The third-order valence-corrected chi connectivity index (χ3v) is 4.21. The van der Waals surface area contributed by atoms with Crippen LogP contribution in [-0.4, -0.2) is 35.6 Å². The molecule has 2 rings (SSSR count). The van der Waals surface area contributed by atoms with Crippen LogP contribution in [0, 0.1) is 0 Å². The second-order valence-electron chi connectivity index (χ2n) is 6.12. The second-order valence-corrected chi connectivity index (χ2v) is 6.52. The van der Waals surface area contributed by atoms with Crippen LogP contribution in [0.2, 0.25) is 5.02 Å². The zero-order chi connectivity index (χ0) is 17.7. The molecule has 0 amide bonds. The van der Waals surface area contributed by atoms with E-state index in [1.165, 1.54) is 17.2 Å². The minimum atomic E-state index is -0.964. The molecule has 1 aliphatic heterocycles. The molecule has 24 heavy (non-hydrogen) atoms. The van der Waals surface area contributed by atoms with Crippen LogP contribution in [0.25, 0.3) is 6.08 Å². The average Bonchev–Trinajstić information content (AvgIpc) is 2.51. The maximum Gasteiger partial charge on any atom is 0.335 e. The lowest BCUT2D eigenvalue weighted by Gasteiger charge is -2.34. The summed E-state index contributed by atoms with van der Waals surface area (Å²) in [4.78, 5) is 13.3. The van der Waals surface area contributed by atoms with Crippen molar-refractivity contribution in [3.05, 3.63) is 75.9 Å². The molecule has 1 aromatic rings. The Balaban J connectivity index is 1.93. The molecule has 126 valence electrons. The van der Waals surface area contributed by atoms with Crippen molar-refractivity contribution >= 4 is 23.6 Å². The van der Waals surface area contributed by atoms with Gasteiger partial charge in [-0.3, -0.25) is 4.90 Å². The predicted molar refractivity (Wildman–Crippen MR) is 101 cm³/mol. The lowest BCUT2D eigenvalue weighted by atomic mass is 10.0. The van der Waals surface area contributed by atoms with Crippen LogP contribution in [0.15, 0.2) is 59.7 Å². The lowest BCUT2D eigenvalue weighted by Crippen LogP contribution is -2.40. The zero-order valence-electron chi connectivity index (χ0n) is 14.1. The molecule has 1 aliphatic rings. The van der Waals surface area contributed by atoms with Crippen molar-refractivity contribution < 1.29 is 9.90 Å². The summed E-state index contributed by atoms with van der Waals surface area (Å²) in [5, 5.41) is 9.43. The van der Waals surface area contributed by atoms with Gasteiger partial charge in [-0.1, -0.05) is 59.7 Å². The number of carbonyl (C=O) groups is 1. The Labute approximate surface area is 148 Å². The summed E-state index contributed by atoms with van der Waals surface area (Å²) in [6.45, 7) is 10.6. The Bertz CT molecular complexity index is 736. The first-order chi connectivity index (χ1) is 11.4. The summed E-state index contributed by atoms with van der Waals surface area (Å²) in [7, 11) is 0. The minimum Gasteiger partial charge on any atom is -0.478 e. The van der Waals surface area contributed by atoms with Crippen LogP contribution in [0.5, 0.6) is 0 Å². The van der Waals surface area contributed by atoms with Crippen LogP contribution in [0.4, 0.5) is 0 Å². The Morgan fingerprint density at radius 3 is 2.62 bits per heavy atom. The number of benzene rings is 1. The molecule has 0 bridgehead atoms. The van der Waals surface area contributed by atoms with Crippen molar-refractivity contribution in [2.24, 2.45) is 0 Å². The molecule has 1 saturated heterocycles. The van der Waals surface area contributed by atoms with Crippen molar-refractivity contribution in [1.29, 1.82) is 0 Å². The molecule has 1 heterocycles. The Hall–Kier alpha value is -2.10. The molecule has 1 aromatic carbocycles. The van der Waals surface area contributed by atoms with Crippen molar-refractivity contribution in [2.45, 2.75) is 13.8 Å². The van der Waals surface area contributed by atoms with Gasteiger partial charge in [0.25, 0.3) is 0 Å². The Kier molecular flexibility index (Phi) is 6.18. The number of rotatable bonds is 6. The van der Waals surface area contributed by atoms with Crippen molar-refractivity contribution in [3.63, 3.8) is 0 Å². The number of nitrogens with zero attached hydrogens (tertiary/aromatic N) is 1. The molecule has 0 radical (unpaired) electrons. The van der Waals surface area contributed by atoms with Gasteiger partial charge in [0.15, 0.2) is 0 Å². The van der Waals surface area contributed by atoms with Crippen LogP contribution in [0.3, 0.4) is 0 Å². The van der Waals surface area contributed by atoms with Crippen molar-refractivity contribution in [2.75, 3.05) is 19.6 Å². The largest absolute Gasteiger partial charge is 0.478 e. The van der Waals surface area contributed by atoms with E-state index >= 15 is 0 Å². The van der Waals surface area contributed by atoms with Gasteiger partial charge in [0.05, 0.1) is 5.56 Å². The first-order valence-electron chi connectivity index (χ1n) is 7.80. The fourth-order valence-electron chi connectivity index (χ4n) is 2.48. The molecule has 4 heteroatoms. The molecule has 0 atom stereocenters. The summed E-state index contributed by atoms with van der Waals surface area (Å²) in [6, 6.07) is 4.83.